The fraction of sp³-hybridized carbons (Fsp3) is 0.522. The number of amides is 1. The minimum atomic E-state index is -0.0575. The van der Waals surface area contributed by atoms with Gasteiger partial charge in [0.15, 0.2) is 5.96 Å². The average Bonchev–Trinajstić information content (AvgIpc) is 3.34. The molecule has 2 aromatic rings. The lowest BCUT2D eigenvalue weighted by molar-refractivity contribution is -0.128. The highest BCUT2D eigenvalue weighted by Crippen LogP contribution is 2.22. The van der Waals surface area contributed by atoms with Gasteiger partial charge in [0, 0.05) is 31.5 Å². The van der Waals surface area contributed by atoms with Crippen LogP contribution in [0.3, 0.4) is 0 Å². The van der Waals surface area contributed by atoms with Crippen molar-refractivity contribution in [1.29, 1.82) is 0 Å². The van der Waals surface area contributed by atoms with E-state index in [2.05, 4.69) is 65.6 Å². The fourth-order valence-corrected chi connectivity index (χ4v) is 3.25. The molecule has 162 valence electrons. The third-order valence-electron chi connectivity index (χ3n) is 5.03. The number of rotatable bonds is 7. The van der Waals surface area contributed by atoms with Crippen molar-refractivity contribution in [3.05, 3.63) is 53.2 Å². The molecule has 0 radical (unpaired) electrons. The molecule has 0 aliphatic carbocycles. The van der Waals surface area contributed by atoms with Crippen molar-refractivity contribution in [3.8, 4) is 0 Å². The van der Waals surface area contributed by atoms with Crippen LogP contribution in [0.1, 0.15) is 63.3 Å². The first kappa shape index (κ1) is 21.9. The van der Waals surface area contributed by atoms with Crippen LogP contribution in [-0.4, -0.2) is 34.8 Å². The fourth-order valence-electron chi connectivity index (χ4n) is 3.25. The number of nitrogens with one attached hydrogen (secondary N) is 2. The van der Waals surface area contributed by atoms with Crippen LogP contribution in [0, 0.1) is 0 Å². The maximum Gasteiger partial charge on any atom is 0.222 e. The molecule has 0 bridgehead atoms. The Kier molecular flexibility index (Phi) is 7.13. The Morgan fingerprint density at radius 3 is 2.53 bits per heavy atom. The van der Waals surface area contributed by atoms with Gasteiger partial charge in [0.1, 0.15) is 5.76 Å². The Bertz CT molecular complexity index is 864. The summed E-state index contributed by atoms with van der Waals surface area (Å²) in [6.45, 7) is 11.7. The maximum atomic E-state index is 11.8. The average molecular weight is 412 g/mol. The first-order chi connectivity index (χ1) is 14.3. The zero-order valence-corrected chi connectivity index (χ0v) is 18.5. The van der Waals surface area contributed by atoms with Gasteiger partial charge in [-0.1, -0.05) is 45.0 Å². The van der Waals surface area contributed by atoms with Gasteiger partial charge >= 0.3 is 0 Å². The Morgan fingerprint density at radius 1 is 1.20 bits per heavy atom. The molecule has 1 aliphatic rings. The number of nitrogens with zero attached hydrogens (tertiary/aromatic N) is 3. The smallest absolute Gasteiger partial charge is 0.222 e. The van der Waals surface area contributed by atoms with Gasteiger partial charge in [0.05, 0.1) is 19.3 Å². The molecule has 7 nitrogen and oxygen atoms in total. The van der Waals surface area contributed by atoms with E-state index in [-0.39, 0.29) is 11.3 Å². The second-order valence-electron chi connectivity index (χ2n) is 8.65. The molecule has 2 N–H and O–H groups in total. The van der Waals surface area contributed by atoms with Crippen LogP contribution >= 0.6 is 0 Å². The lowest BCUT2D eigenvalue weighted by Gasteiger charge is -2.15. The molecule has 2 heterocycles. The van der Waals surface area contributed by atoms with E-state index >= 15 is 0 Å². The molecule has 1 aliphatic heterocycles. The van der Waals surface area contributed by atoms with E-state index in [4.69, 9.17) is 4.42 Å². The standard InChI is InChI=1S/C23H33N5O2/c1-5-24-22(27-15-20-25-14-19(30-20)23(2,3)4)26-13-17-8-10-18(11-9-17)16-28-12-6-7-21(28)29/h8-11,14H,5-7,12-13,15-16H2,1-4H3,(H2,24,26,27). The van der Waals surface area contributed by atoms with Crippen molar-refractivity contribution in [1.82, 2.24) is 20.5 Å². The Balaban J connectivity index is 1.54. The molecule has 0 saturated carbocycles. The molecule has 1 amide bonds. The quantitative estimate of drug-likeness (QED) is 0.539. The number of aromatic nitrogens is 1. The van der Waals surface area contributed by atoms with E-state index in [0.29, 0.717) is 31.9 Å². The number of aliphatic imine (C=N–C) groups is 1. The first-order valence-electron chi connectivity index (χ1n) is 10.7. The number of carbonyl (C=O) groups is 1. The van der Waals surface area contributed by atoms with Gasteiger partial charge in [-0.2, -0.15) is 0 Å². The highest BCUT2D eigenvalue weighted by Gasteiger charge is 2.20. The topological polar surface area (TPSA) is 82.8 Å². The summed E-state index contributed by atoms with van der Waals surface area (Å²) in [5, 5.41) is 6.52. The van der Waals surface area contributed by atoms with Gasteiger partial charge in [-0.15, -0.1) is 0 Å². The van der Waals surface area contributed by atoms with Gasteiger partial charge in [-0.25, -0.2) is 9.98 Å². The lowest BCUT2D eigenvalue weighted by Crippen LogP contribution is -2.36. The normalized spacial score (nSPS) is 15.0. The van der Waals surface area contributed by atoms with E-state index < -0.39 is 0 Å². The summed E-state index contributed by atoms with van der Waals surface area (Å²) >= 11 is 0. The minimum absolute atomic E-state index is 0.0575. The van der Waals surface area contributed by atoms with E-state index in [1.165, 1.54) is 0 Å². The van der Waals surface area contributed by atoms with Gasteiger partial charge < -0.3 is 20.0 Å². The molecule has 1 aromatic carbocycles. The Labute approximate surface area is 179 Å². The van der Waals surface area contributed by atoms with Crippen molar-refractivity contribution >= 4 is 11.9 Å². The number of oxazole rings is 1. The number of guanidine groups is 1. The molecule has 0 unspecified atom stereocenters. The van der Waals surface area contributed by atoms with Crippen LogP contribution in [0.4, 0.5) is 0 Å². The minimum Gasteiger partial charge on any atom is -0.443 e. The van der Waals surface area contributed by atoms with Crippen molar-refractivity contribution in [2.24, 2.45) is 4.99 Å². The monoisotopic (exact) mass is 411 g/mol. The van der Waals surface area contributed by atoms with Crippen LogP contribution in [0.25, 0.3) is 0 Å². The predicted octanol–water partition coefficient (Wildman–Crippen LogP) is 3.35. The van der Waals surface area contributed by atoms with E-state index in [9.17, 15) is 4.79 Å². The van der Waals surface area contributed by atoms with Crippen molar-refractivity contribution in [3.63, 3.8) is 0 Å². The van der Waals surface area contributed by atoms with Crippen molar-refractivity contribution in [2.75, 3.05) is 13.1 Å². The zero-order chi connectivity index (χ0) is 21.6. The molecule has 1 aromatic heterocycles. The van der Waals surface area contributed by atoms with Crippen molar-refractivity contribution < 1.29 is 9.21 Å². The van der Waals surface area contributed by atoms with Crippen LogP contribution in [0.5, 0.6) is 0 Å². The number of hydrogen-bond donors (Lipinski definition) is 2. The van der Waals surface area contributed by atoms with Crippen LogP contribution in [-0.2, 0) is 29.8 Å². The van der Waals surface area contributed by atoms with Crippen LogP contribution < -0.4 is 10.6 Å². The van der Waals surface area contributed by atoms with E-state index in [0.717, 1.165) is 42.4 Å². The van der Waals surface area contributed by atoms with Gasteiger partial charge in [-0.05, 0) is 24.5 Å². The molecule has 1 saturated heterocycles. The molecule has 7 heteroatoms. The summed E-state index contributed by atoms with van der Waals surface area (Å²) in [6.07, 6.45) is 3.44. The van der Waals surface area contributed by atoms with Crippen LogP contribution in [0.15, 0.2) is 39.9 Å². The van der Waals surface area contributed by atoms with Gasteiger partial charge in [-0.3, -0.25) is 4.79 Å². The molecule has 3 rings (SSSR count). The largest absolute Gasteiger partial charge is 0.443 e. The molecule has 1 fully saturated rings. The summed E-state index contributed by atoms with van der Waals surface area (Å²) < 4.78 is 5.83. The summed E-state index contributed by atoms with van der Waals surface area (Å²) in [7, 11) is 0. The van der Waals surface area contributed by atoms with E-state index in [1.54, 1.807) is 6.20 Å². The SMILES string of the molecule is CCNC(=NCc1ccc(CN2CCCC2=O)cc1)NCc1ncc(C(C)(C)C)o1. The highest BCUT2D eigenvalue weighted by atomic mass is 16.4. The van der Waals surface area contributed by atoms with Gasteiger partial charge in [0.25, 0.3) is 0 Å². The molecule has 0 atom stereocenters. The first-order valence-corrected chi connectivity index (χ1v) is 10.7. The Hall–Kier alpha value is -2.83. The maximum absolute atomic E-state index is 11.8. The molecular formula is C23H33N5O2. The summed E-state index contributed by atoms with van der Waals surface area (Å²) in [5.41, 5.74) is 2.22. The number of likely N-dealkylation sites (tertiary alicyclic amines) is 1. The third-order valence-corrected chi connectivity index (χ3v) is 5.03. The lowest BCUT2D eigenvalue weighted by atomic mass is 9.94. The van der Waals surface area contributed by atoms with Gasteiger partial charge in [0.2, 0.25) is 11.8 Å². The second-order valence-corrected chi connectivity index (χ2v) is 8.65. The van der Waals surface area contributed by atoms with Crippen LogP contribution in [0.2, 0.25) is 0 Å². The second kappa shape index (κ2) is 9.78. The summed E-state index contributed by atoms with van der Waals surface area (Å²) in [5.74, 6) is 2.49. The number of benzene rings is 1. The zero-order valence-electron chi connectivity index (χ0n) is 18.5. The summed E-state index contributed by atoms with van der Waals surface area (Å²) in [4.78, 5) is 22.7. The van der Waals surface area contributed by atoms with Crippen molar-refractivity contribution in [2.45, 2.75) is 65.6 Å². The molecule has 30 heavy (non-hydrogen) atoms. The summed E-state index contributed by atoms with van der Waals surface area (Å²) in [6, 6.07) is 8.31. The number of hydrogen-bond acceptors (Lipinski definition) is 4. The van der Waals surface area contributed by atoms with E-state index in [1.807, 2.05) is 11.8 Å². The molecular weight excluding hydrogens is 378 g/mol. The Morgan fingerprint density at radius 2 is 1.93 bits per heavy atom. The number of carbonyl (C=O) groups excluding carboxylic acids is 1. The molecule has 0 spiro atoms. The highest BCUT2D eigenvalue weighted by molar-refractivity contribution is 5.79. The third kappa shape index (κ3) is 6.08. The predicted molar refractivity (Wildman–Crippen MR) is 118 cm³/mol.